The minimum atomic E-state index is -4.45. The number of aliphatic hydroxyl groups is 2. The van der Waals surface area contributed by atoms with Crippen LogP contribution in [0.4, 0.5) is 65.9 Å². The highest BCUT2D eigenvalue weighted by Gasteiger charge is 2.35. The van der Waals surface area contributed by atoms with Crippen LogP contribution in [-0.2, 0) is 115 Å². The summed E-state index contributed by atoms with van der Waals surface area (Å²) in [5, 5.41) is 44.1. The van der Waals surface area contributed by atoms with Gasteiger partial charge in [0.25, 0.3) is 0 Å². The summed E-state index contributed by atoms with van der Waals surface area (Å²) >= 11 is 16.3. The summed E-state index contributed by atoms with van der Waals surface area (Å²) in [4.78, 5) is 51.8. The van der Waals surface area contributed by atoms with E-state index in [1.807, 2.05) is 19.3 Å². The first-order valence-corrected chi connectivity index (χ1v) is 32.3. The van der Waals surface area contributed by atoms with Gasteiger partial charge in [-0.3, -0.25) is 48.7 Å². The highest BCUT2D eigenvalue weighted by molar-refractivity contribution is 9.11. The van der Waals surface area contributed by atoms with E-state index in [-0.39, 0.29) is 45.2 Å². The number of alkyl halides is 15. The lowest BCUT2D eigenvalue weighted by molar-refractivity contribution is -0.193. The average molecular weight is 1810 g/mol. The first-order valence-electron chi connectivity index (χ1n) is 28.4. The van der Waals surface area contributed by atoms with Crippen LogP contribution in [0.1, 0.15) is 98.0 Å². The van der Waals surface area contributed by atoms with Gasteiger partial charge in [0.1, 0.15) is 51.5 Å². The number of aliphatic hydroxyl groups excluding tert-OH is 2. The molecule has 0 spiro atoms. The van der Waals surface area contributed by atoms with Crippen molar-refractivity contribution in [2.75, 3.05) is 0 Å². The van der Waals surface area contributed by atoms with Crippen LogP contribution in [0.15, 0.2) is 151 Å². The van der Waals surface area contributed by atoms with Gasteiger partial charge in [0.2, 0.25) is 0 Å². The van der Waals surface area contributed by atoms with E-state index < -0.39 is 59.4 Å². The summed E-state index contributed by atoms with van der Waals surface area (Å²) in [5.41, 5.74) is 16.4. The zero-order chi connectivity index (χ0) is 78.2. The van der Waals surface area contributed by atoms with E-state index in [4.69, 9.17) is 40.7 Å². The van der Waals surface area contributed by atoms with Gasteiger partial charge < -0.3 is 15.9 Å². The molecule has 104 heavy (non-hydrogen) atoms. The Kier molecular flexibility index (Phi) is 36.7. The van der Waals surface area contributed by atoms with Crippen LogP contribution < -0.4 is 5.73 Å². The number of halogens is 20. The van der Waals surface area contributed by atoms with E-state index in [0.717, 1.165) is 82.1 Å². The fourth-order valence-electron chi connectivity index (χ4n) is 7.49. The van der Waals surface area contributed by atoms with Gasteiger partial charge in [-0.25, -0.2) is 0 Å². The molecule has 0 aliphatic rings. The van der Waals surface area contributed by atoms with Crippen molar-refractivity contribution < 1.29 is 95.2 Å². The maximum Gasteiger partial charge on any atom is 0.433 e. The Labute approximate surface area is 618 Å². The van der Waals surface area contributed by atoms with Gasteiger partial charge in [0, 0.05) is 95.0 Å². The van der Waals surface area contributed by atoms with Gasteiger partial charge in [-0.15, -0.1) is 0 Å². The van der Waals surface area contributed by atoms with Crippen LogP contribution in [0.2, 0.25) is 0 Å². The zero-order valence-electron chi connectivity index (χ0n) is 52.9. The third kappa shape index (κ3) is 31.2. The fourth-order valence-corrected chi connectivity index (χ4v) is 9.90. The number of rotatable bonds is 15. The maximum absolute atomic E-state index is 12.4. The molecule has 0 fully saturated rings. The van der Waals surface area contributed by atoms with Crippen LogP contribution in [0.5, 0.6) is 0 Å². The molecule has 558 valence electrons. The lowest BCUT2D eigenvalue weighted by Crippen LogP contribution is -2.08. The second-order valence-corrected chi connectivity index (χ2v) is 23.6. The quantitative estimate of drug-likeness (QED) is 0.0320. The molecule has 10 aromatic heterocycles. The summed E-state index contributed by atoms with van der Waals surface area (Å²) < 4.78 is 194. The molecule has 0 aliphatic heterocycles. The van der Waals surface area contributed by atoms with Crippen molar-refractivity contribution in [3.63, 3.8) is 0 Å². The molecule has 25 nitrogen and oxygen atoms in total. The number of azide groups is 1. The topological polar surface area (TPSA) is 348 Å². The molecule has 0 saturated heterocycles. The molecule has 0 radical (unpaired) electrons. The number of H-pyrrole nitrogens is 1. The highest BCUT2D eigenvalue weighted by Crippen LogP contribution is 2.32. The summed E-state index contributed by atoms with van der Waals surface area (Å²) in [6.45, 7) is 5.39. The number of nitrogens with two attached hydrogens (primary N) is 1. The summed E-state index contributed by atoms with van der Waals surface area (Å²) in [6.07, 6.45) is -5.31. The van der Waals surface area contributed by atoms with Crippen LogP contribution in [0.3, 0.4) is 0 Å². The predicted molar refractivity (Wildman–Crippen MR) is 350 cm³/mol. The number of nitrogens with zero attached hydrogens (tertiary/aromatic N) is 17. The molecule has 0 aromatic carbocycles. The molecule has 5 N–H and O–H groups in total. The zero-order valence-corrected chi connectivity index (χ0v) is 60.8. The SMILES string of the molecule is CCc1cn(Cc2ccc(C(F)(F)F)nc2)nc1Br.CCc1cn[nH]c1Br.NCc1cn(Cc2ccc(C(F)(F)F)nc2)nc1Br.O=C=O.O=C=O.OCc1ccc(C(F)(F)F)nc1.OCc1cn(Cc2ccc(C(F)(F)F)nc2)nc1Br.[N-]=[N+]=NCc1cn(Cc2ccc(C(F)(F)F)nc2)nc1Br. The van der Waals surface area contributed by atoms with Crippen LogP contribution in [0, 0.1) is 0 Å². The van der Waals surface area contributed by atoms with Crippen molar-refractivity contribution in [2.24, 2.45) is 10.8 Å². The smallest absolute Gasteiger partial charge is 0.392 e. The molecule has 10 heterocycles. The van der Waals surface area contributed by atoms with E-state index in [1.54, 1.807) is 28.0 Å². The first-order chi connectivity index (χ1) is 48.8. The minimum absolute atomic E-state index is 0.141. The Morgan fingerprint density at radius 2 is 0.721 bits per heavy atom. The Bertz CT molecular complexity index is 4090. The van der Waals surface area contributed by atoms with Crippen molar-refractivity contribution in [1.82, 2.24) is 74.2 Å². The number of aromatic nitrogens is 15. The molecule has 10 aromatic rings. The van der Waals surface area contributed by atoms with Gasteiger partial charge in [-0.05, 0) is 156 Å². The third-order valence-electron chi connectivity index (χ3n) is 12.4. The molecular weight excluding hydrogens is 1760 g/mol. The summed E-state index contributed by atoms with van der Waals surface area (Å²) in [7, 11) is 0. The molecule has 0 amide bonds. The van der Waals surface area contributed by atoms with Gasteiger partial charge in [-0.1, -0.05) is 49.3 Å². The van der Waals surface area contributed by atoms with Crippen molar-refractivity contribution in [1.29, 1.82) is 0 Å². The number of pyridine rings is 5. The van der Waals surface area contributed by atoms with E-state index in [9.17, 15) is 65.9 Å². The van der Waals surface area contributed by atoms with Gasteiger partial charge in [0.05, 0.1) is 52.1 Å². The molecular formula is C59H51Br5F15N19O6. The van der Waals surface area contributed by atoms with E-state index >= 15 is 0 Å². The number of hydrogen-bond donors (Lipinski definition) is 4. The second kappa shape index (κ2) is 42.8. The van der Waals surface area contributed by atoms with Gasteiger partial charge in [0.15, 0.2) is 0 Å². The first kappa shape index (κ1) is 89.3. The van der Waals surface area contributed by atoms with E-state index in [1.165, 1.54) is 57.7 Å². The molecule has 10 rings (SSSR count). The van der Waals surface area contributed by atoms with Crippen molar-refractivity contribution in [3.8, 4) is 0 Å². The molecule has 0 bridgehead atoms. The van der Waals surface area contributed by atoms with Crippen molar-refractivity contribution in [2.45, 2.75) is 110 Å². The standard InChI is InChI=1S/C12H11BrF3N3.C11H8BrF3N6.C11H10BrF3N4.C11H9BrF3N3O.C7H6F3NO.C5H7BrN2.2CO2/c1-2-9-7-19(18-11(9)13)6-8-3-4-10(17-5-8)12(14,15)16;12-10-8(4-18-20-16)6-21(19-10)5-7-1-2-9(17-3-7)11(13,14)15;12-10-8(3-16)6-19(18-10)5-7-1-2-9(17-4-7)11(13,14)15;12-10-8(6-19)5-18(17-10)4-7-1-2-9(16-3-7)11(13,14)15;8-7(9,10)6-2-1-5(4-12)3-11-6;1-2-4-3-7-8-5(4)6;2*2-1-3/h3-5,7H,2,6H2,1H3;1-3,6H,4-5H2;1-2,4,6H,3,5,16H2;1-3,5,19H,4,6H2;1-3,12H,4H2;3H,2H2,1H3,(H,7,8);;. The lowest BCUT2D eigenvalue weighted by Gasteiger charge is -2.06. The average Bonchev–Trinajstić information content (AvgIpc) is 1.19. The predicted octanol–water partition coefficient (Wildman–Crippen LogP) is 14.9. The van der Waals surface area contributed by atoms with E-state index in [2.05, 4.69) is 152 Å². The molecule has 0 atom stereocenters. The van der Waals surface area contributed by atoms with Crippen LogP contribution in [0.25, 0.3) is 10.4 Å². The Balaban J connectivity index is 0.000000324. The lowest BCUT2D eigenvalue weighted by atomic mass is 10.2. The van der Waals surface area contributed by atoms with E-state index in [0.29, 0.717) is 72.4 Å². The molecule has 0 aliphatic carbocycles. The Morgan fingerprint density at radius 3 is 0.933 bits per heavy atom. The monoisotopic (exact) mass is 1800 g/mol. The Morgan fingerprint density at radius 1 is 0.442 bits per heavy atom. The molecule has 0 saturated carbocycles. The van der Waals surface area contributed by atoms with Gasteiger partial charge in [-0.2, -0.15) is 111 Å². The number of carbonyl (C=O) groups excluding carboxylic acids is 4. The fraction of sp³-hybridized carbons (Fsp3) is 0.288. The maximum atomic E-state index is 12.4. The second-order valence-electron chi connectivity index (χ2n) is 19.8. The number of aromatic amines is 1. The Hall–Kier alpha value is -8.90. The van der Waals surface area contributed by atoms with Crippen molar-refractivity contribution >= 4 is 92.0 Å². The number of aryl methyl sites for hydroxylation is 2. The molecule has 45 heteroatoms. The van der Waals surface area contributed by atoms with Gasteiger partial charge >= 0.3 is 43.2 Å². The highest BCUT2D eigenvalue weighted by atomic mass is 79.9. The number of nitrogens with one attached hydrogen (secondary N) is 1. The largest absolute Gasteiger partial charge is 0.433 e. The van der Waals surface area contributed by atoms with Crippen LogP contribution >= 0.6 is 79.6 Å². The summed E-state index contributed by atoms with van der Waals surface area (Å²) in [6, 6.07) is 11.3. The third-order valence-corrected chi connectivity index (χ3v) is 15.8. The number of hydrogen-bond acceptors (Lipinski definition) is 18. The molecule has 0 unspecified atom stereocenters. The normalized spacial score (nSPS) is 11.0. The summed E-state index contributed by atoms with van der Waals surface area (Å²) in [5.74, 6) is 0. The van der Waals surface area contributed by atoms with Crippen LogP contribution in [-0.4, -0.2) is 96.8 Å². The minimum Gasteiger partial charge on any atom is -0.392 e. The van der Waals surface area contributed by atoms with Crippen molar-refractivity contribution in [3.05, 3.63) is 240 Å².